The number of carbonyl (C=O) groups is 1. The second-order valence-corrected chi connectivity index (χ2v) is 6.70. The third-order valence-corrected chi connectivity index (χ3v) is 5.01. The fourth-order valence-electron chi connectivity index (χ4n) is 2.56. The van der Waals surface area contributed by atoms with Crippen LogP contribution < -0.4 is 0 Å². The topological polar surface area (TPSA) is 73.1 Å². The van der Waals surface area contributed by atoms with Crippen molar-refractivity contribution in [2.75, 3.05) is 19.7 Å². The highest BCUT2D eigenvalue weighted by Crippen LogP contribution is 2.24. The Balaban J connectivity index is 1.74. The van der Waals surface area contributed by atoms with Crippen molar-refractivity contribution in [1.82, 2.24) is 24.6 Å². The van der Waals surface area contributed by atoms with Crippen LogP contribution in [-0.4, -0.2) is 50.3 Å². The maximum atomic E-state index is 12.7. The van der Waals surface area contributed by atoms with Gasteiger partial charge < -0.3 is 14.2 Å². The molecule has 2 aromatic rings. The third-order valence-electron chi connectivity index (χ3n) is 3.86. The third kappa shape index (κ3) is 3.28. The Morgan fingerprint density at radius 3 is 3.04 bits per heavy atom. The van der Waals surface area contributed by atoms with Gasteiger partial charge in [0.2, 0.25) is 0 Å². The van der Waals surface area contributed by atoms with Gasteiger partial charge in [-0.1, -0.05) is 13.8 Å². The molecule has 0 radical (unpaired) electrons. The van der Waals surface area contributed by atoms with E-state index < -0.39 is 0 Å². The number of morpholine rings is 1. The van der Waals surface area contributed by atoms with Crippen molar-refractivity contribution in [3.63, 3.8) is 0 Å². The van der Waals surface area contributed by atoms with Gasteiger partial charge in [0, 0.05) is 24.4 Å². The summed E-state index contributed by atoms with van der Waals surface area (Å²) in [6.45, 7) is 8.51. The van der Waals surface area contributed by atoms with E-state index in [0.29, 0.717) is 31.3 Å². The predicted molar refractivity (Wildman–Crippen MR) is 86.5 cm³/mol. The Bertz CT molecular complexity index is 681. The van der Waals surface area contributed by atoms with Gasteiger partial charge >= 0.3 is 0 Å². The second-order valence-electron chi connectivity index (χ2n) is 5.81. The molecule has 0 aliphatic carbocycles. The summed E-state index contributed by atoms with van der Waals surface area (Å²) in [6, 6.07) is 0. The summed E-state index contributed by atoms with van der Waals surface area (Å²) in [5.41, 5.74) is 0.524. The molecule has 23 heavy (non-hydrogen) atoms. The molecule has 0 spiro atoms. The van der Waals surface area contributed by atoms with E-state index in [1.165, 1.54) is 11.3 Å². The first-order chi connectivity index (χ1) is 11.1. The maximum Gasteiger partial charge on any atom is 0.273 e. The molecular weight excluding hydrogens is 314 g/mol. The quantitative estimate of drug-likeness (QED) is 0.855. The van der Waals surface area contributed by atoms with Crippen LogP contribution in [0.25, 0.3) is 0 Å². The van der Waals surface area contributed by atoms with Crippen molar-refractivity contribution in [2.24, 2.45) is 0 Å². The van der Waals surface area contributed by atoms with Crippen LogP contribution in [-0.2, 0) is 11.3 Å². The highest BCUT2D eigenvalue weighted by atomic mass is 32.1. The van der Waals surface area contributed by atoms with E-state index in [1.54, 1.807) is 11.2 Å². The Morgan fingerprint density at radius 2 is 2.35 bits per heavy atom. The van der Waals surface area contributed by atoms with E-state index in [2.05, 4.69) is 29.0 Å². The van der Waals surface area contributed by atoms with E-state index in [1.807, 2.05) is 16.9 Å². The molecule has 1 atom stereocenters. The molecule has 3 rings (SSSR count). The van der Waals surface area contributed by atoms with Gasteiger partial charge in [-0.05, 0) is 6.92 Å². The number of aryl methyl sites for hydroxylation is 1. The molecule has 0 unspecified atom stereocenters. The second kappa shape index (κ2) is 6.76. The van der Waals surface area contributed by atoms with Gasteiger partial charge in [0.05, 0.1) is 18.2 Å². The van der Waals surface area contributed by atoms with Crippen LogP contribution in [0.1, 0.15) is 54.1 Å². The molecule has 1 saturated heterocycles. The van der Waals surface area contributed by atoms with Crippen LogP contribution >= 0.6 is 11.3 Å². The number of thiazole rings is 1. The first kappa shape index (κ1) is 16.1. The molecule has 1 fully saturated rings. The minimum absolute atomic E-state index is 0.0380. The van der Waals surface area contributed by atoms with Crippen LogP contribution in [0.2, 0.25) is 0 Å². The number of rotatable bonds is 4. The fourth-order valence-corrected chi connectivity index (χ4v) is 3.37. The van der Waals surface area contributed by atoms with E-state index in [4.69, 9.17) is 4.74 Å². The zero-order valence-electron chi connectivity index (χ0n) is 13.6. The summed E-state index contributed by atoms with van der Waals surface area (Å²) < 4.78 is 7.73. The van der Waals surface area contributed by atoms with Crippen molar-refractivity contribution in [3.8, 4) is 0 Å². The summed E-state index contributed by atoms with van der Waals surface area (Å²) >= 11 is 1.54. The summed E-state index contributed by atoms with van der Waals surface area (Å²) in [7, 11) is 0. The molecule has 0 N–H and O–H groups in total. The minimum Gasteiger partial charge on any atom is -0.366 e. The van der Waals surface area contributed by atoms with Crippen LogP contribution in [0.15, 0.2) is 11.7 Å². The average Bonchev–Trinajstić information content (AvgIpc) is 3.23. The number of hydrogen-bond donors (Lipinski definition) is 0. The van der Waals surface area contributed by atoms with E-state index in [9.17, 15) is 4.79 Å². The summed E-state index contributed by atoms with van der Waals surface area (Å²) in [4.78, 5) is 18.9. The number of ether oxygens (including phenoxy) is 1. The van der Waals surface area contributed by atoms with Crippen molar-refractivity contribution >= 4 is 17.2 Å². The van der Waals surface area contributed by atoms with Crippen molar-refractivity contribution in [3.05, 3.63) is 28.2 Å². The lowest BCUT2D eigenvalue weighted by Gasteiger charge is -2.32. The summed E-state index contributed by atoms with van der Waals surface area (Å²) in [6.07, 6.45) is 1.45. The zero-order valence-corrected chi connectivity index (χ0v) is 14.4. The van der Waals surface area contributed by atoms with Gasteiger partial charge in [0.1, 0.15) is 18.1 Å². The molecule has 1 aliphatic heterocycles. The molecule has 2 aromatic heterocycles. The Labute approximate surface area is 139 Å². The lowest BCUT2D eigenvalue weighted by molar-refractivity contribution is -0.0285. The standard InChI is InChI=1S/C15H21N5O2S/c1-4-19-9-16-18-13(19)12-7-20(5-6-22-12)15(21)11-8-23-14(17-11)10(2)3/h8-10,12H,4-7H2,1-3H3/t12-/m1/s1. The summed E-state index contributed by atoms with van der Waals surface area (Å²) in [5.74, 6) is 1.07. The molecule has 1 aliphatic rings. The minimum atomic E-state index is -0.238. The average molecular weight is 335 g/mol. The largest absolute Gasteiger partial charge is 0.366 e. The van der Waals surface area contributed by atoms with Gasteiger partial charge in [-0.15, -0.1) is 21.5 Å². The van der Waals surface area contributed by atoms with Crippen LogP contribution in [0.3, 0.4) is 0 Å². The van der Waals surface area contributed by atoms with Crippen molar-refractivity contribution in [2.45, 2.75) is 39.3 Å². The number of carbonyl (C=O) groups excluding carboxylic acids is 1. The van der Waals surface area contributed by atoms with Gasteiger partial charge in [-0.3, -0.25) is 4.79 Å². The predicted octanol–water partition coefficient (Wildman–Crippen LogP) is 2.09. The molecule has 1 amide bonds. The highest BCUT2D eigenvalue weighted by molar-refractivity contribution is 7.09. The van der Waals surface area contributed by atoms with Crippen molar-refractivity contribution < 1.29 is 9.53 Å². The number of amides is 1. The first-order valence-electron chi connectivity index (χ1n) is 7.84. The number of aromatic nitrogens is 4. The molecule has 7 nitrogen and oxygen atoms in total. The van der Waals surface area contributed by atoms with Crippen LogP contribution in [0.4, 0.5) is 0 Å². The van der Waals surface area contributed by atoms with Crippen LogP contribution in [0.5, 0.6) is 0 Å². The van der Waals surface area contributed by atoms with Crippen LogP contribution in [0, 0.1) is 0 Å². The SMILES string of the molecule is CCn1cnnc1[C@H]1CN(C(=O)c2csc(C(C)C)n2)CCO1. The maximum absolute atomic E-state index is 12.7. The molecular formula is C15H21N5O2S. The van der Waals surface area contributed by atoms with E-state index >= 15 is 0 Å². The first-order valence-corrected chi connectivity index (χ1v) is 8.72. The van der Waals surface area contributed by atoms with E-state index in [-0.39, 0.29) is 12.0 Å². The number of hydrogen-bond acceptors (Lipinski definition) is 6. The lowest BCUT2D eigenvalue weighted by atomic mass is 10.2. The Morgan fingerprint density at radius 1 is 1.52 bits per heavy atom. The number of nitrogens with zero attached hydrogens (tertiary/aromatic N) is 5. The Hall–Kier alpha value is -1.80. The fraction of sp³-hybridized carbons (Fsp3) is 0.600. The summed E-state index contributed by atoms with van der Waals surface area (Å²) in [5, 5.41) is 10.9. The van der Waals surface area contributed by atoms with Gasteiger partial charge in [0.15, 0.2) is 5.82 Å². The lowest BCUT2D eigenvalue weighted by Crippen LogP contribution is -2.43. The zero-order chi connectivity index (χ0) is 16.4. The molecule has 3 heterocycles. The smallest absolute Gasteiger partial charge is 0.273 e. The molecule has 0 saturated carbocycles. The Kier molecular flexibility index (Phi) is 4.72. The molecule has 8 heteroatoms. The molecule has 124 valence electrons. The van der Waals surface area contributed by atoms with Gasteiger partial charge in [0.25, 0.3) is 5.91 Å². The van der Waals surface area contributed by atoms with Crippen molar-refractivity contribution in [1.29, 1.82) is 0 Å². The van der Waals surface area contributed by atoms with Gasteiger partial charge in [-0.25, -0.2) is 4.98 Å². The van der Waals surface area contributed by atoms with E-state index in [0.717, 1.165) is 17.4 Å². The van der Waals surface area contributed by atoms with Gasteiger partial charge in [-0.2, -0.15) is 0 Å². The monoisotopic (exact) mass is 335 g/mol. The molecule has 0 bridgehead atoms. The normalized spacial score (nSPS) is 18.6. The highest BCUT2D eigenvalue weighted by Gasteiger charge is 2.30. The molecule has 0 aromatic carbocycles.